The van der Waals surface area contributed by atoms with Gasteiger partial charge < -0.3 is 9.47 Å². The molecule has 2 rings (SSSR count). The van der Waals surface area contributed by atoms with Gasteiger partial charge in [-0.25, -0.2) is 4.79 Å². The fraction of sp³-hybridized carbons (Fsp3) is 0.250. The van der Waals surface area contributed by atoms with Crippen LogP contribution in [0.25, 0.3) is 0 Å². The average molecular weight is 202 g/mol. The maximum atomic E-state index is 11.7. The number of esters is 1. The number of benzene rings is 1. The van der Waals surface area contributed by atoms with Gasteiger partial charge in [-0.05, 0) is 12.1 Å². The van der Waals surface area contributed by atoms with Crippen LogP contribution in [0.4, 0.5) is 0 Å². The molecule has 0 saturated carbocycles. The van der Waals surface area contributed by atoms with Crippen molar-refractivity contribution in [3.8, 4) is 18.1 Å². The summed E-state index contributed by atoms with van der Waals surface area (Å²) in [6.45, 7) is 3.35. The summed E-state index contributed by atoms with van der Waals surface area (Å²) < 4.78 is 10.6. The van der Waals surface area contributed by atoms with Gasteiger partial charge in [0.2, 0.25) is 5.79 Å². The van der Waals surface area contributed by atoms with Gasteiger partial charge >= 0.3 is 5.97 Å². The second kappa shape index (κ2) is 3.03. The van der Waals surface area contributed by atoms with Gasteiger partial charge in [-0.1, -0.05) is 12.0 Å². The molecule has 0 amide bonds. The van der Waals surface area contributed by atoms with Gasteiger partial charge in [0.05, 0.1) is 0 Å². The number of terminal acetylenes is 1. The molecule has 1 aromatic carbocycles. The molecule has 0 aliphatic carbocycles. The van der Waals surface area contributed by atoms with Crippen molar-refractivity contribution in [2.75, 3.05) is 0 Å². The third kappa shape index (κ3) is 1.55. The predicted molar refractivity (Wildman–Crippen MR) is 54.5 cm³/mol. The molecule has 1 aromatic rings. The fourth-order valence-corrected chi connectivity index (χ4v) is 1.51. The van der Waals surface area contributed by atoms with Crippen LogP contribution in [-0.4, -0.2) is 11.8 Å². The number of hydrogen-bond donors (Lipinski definition) is 0. The molecular formula is C12H10O3. The lowest BCUT2D eigenvalue weighted by Crippen LogP contribution is -2.39. The van der Waals surface area contributed by atoms with Crippen molar-refractivity contribution in [1.82, 2.24) is 0 Å². The SMILES string of the molecule is C#Cc1cccc2c1C(=O)OC(C)(C)O2. The van der Waals surface area contributed by atoms with E-state index in [1.165, 1.54) is 0 Å². The third-order valence-corrected chi connectivity index (χ3v) is 2.08. The van der Waals surface area contributed by atoms with E-state index >= 15 is 0 Å². The normalized spacial score (nSPS) is 17.0. The summed E-state index contributed by atoms with van der Waals surface area (Å²) in [6, 6.07) is 5.14. The Bertz CT molecular complexity index is 466. The highest BCUT2D eigenvalue weighted by molar-refractivity contribution is 5.96. The lowest BCUT2D eigenvalue weighted by molar-refractivity contribution is -0.127. The number of fused-ring (bicyclic) bond motifs is 1. The molecule has 15 heavy (non-hydrogen) atoms. The summed E-state index contributed by atoms with van der Waals surface area (Å²) in [6.07, 6.45) is 5.29. The zero-order valence-corrected chi connectivity index (χ0v) is 8.53. The second-order valence-corrected chi connectivity index (χ2v) is 3.71. The highest BCUT2D eigenvalue weighted by Crippen LogP contribution is 2.32. The summed E-state index contributed by atoms with van der Waals surface area (Å²) in [4.78, 5) is 11.7. The summed E-state index contributed by atoms with van der Waals surface area (Å²) in [5, 5.41) is 0. The topological polar surface area (TPSA) is 35.5 Å². The number of cyclic esters (lactones) is 1. The van der Waals surface area contributed by atoms with Gasteiger partial charge in [-0.15, -0.1) is 6.42 Å². The van der Waals surface area contributed by atoms with Gasteiger partial charge in [-0.2, -0.15) is 0 Å². The quantitative estimate of drug-likeness (QED) is 0.476. The average Bonchev–Trinajstić information content (AvgIpc) is 2.14. The molecule has 0 N–H and O–H groups in total. The predicted octanol–water partition coefficient (Wildman–Crippen LogP) is 1.95. The molecule has 0 saturated heterocycles. The lowest BCUT2D eigenvalue weighted by atomic mass is 10.1. The Kier molecular flexibility index (Phi) is 1.94. The molecule has 3 heteroatoms. The van der Waals surface area contributed by atoms with E-state index in [4.69, 9.17) is 15.9 Å². The van der Waals surface area contributed by atoms with Crippen molar-refractivity contribution in [2.45, 2.75) is 19.6 Å². The largest absolute Gasteiger partial charge is 0.452 e. The van der Waals surface area contributed by atoms with E-state index in [2.05, 4.69) is 5.92 Å². The third-order valence-electron chi connectivity index (χ3n) is 2.08. The molecular weight excluding hydrogens is 192 g/mol. The highest BCUT2D eigenvalue weighted by Gasteiger charge is 2.34. The maximum absolute atomic E-state index is 11.7. The van der Waals surface area contributed by atoms with Crippen LogP contribution >= 0.6 is 0 Å². The minimum absolute atomic E-state index is 0.333. The summed E-state index contributed by atoms with van der Waals surface area (Å²) >= 11 is 0. The lowest BCUT2D eigenvalue weighted by Gasteiger charge is -2.31. The van der Waals surface area contributed by atoms with Crippen molar-refractivity contribution in [3.05, 3.63) is 29.3 Å². The summed E-state index contributed by atoms with van der Waals surface area (Å²) in [5.74, 6) is 1.54. The first kappa shape index (κ1) is 9.60. The molecule has 0 spiro atoms. The maximum Gasteiger partial charge on any atom is 0.346 e. The first-order chi connectivity index (χ1) is 7.03. The van der Waals surface area contributed by atoms with Gasteiger partial charge in [0.25, 0.3) is 0 Å². The Morgan fingerprint density at radius 3 is 2.73 bits per heavy atom. The van der Waals surface area contributed by atoms with E-state index in [-0.39, 0.29) is 0 Å². The minimum atomic E-state index is -0.933. The van der Waals surface area contributed by atoms with Crippen molar-refractivity contribution in [1.29, 1.82) is 0 Å². The van der Waals surface area contributed by atoms with Crippen LogP contribution in [-0.2, 0) is 4.74 Å². The van der Waals surface area contributed by atoms with Crippen LogP contribution in [0.15, 0.2) is 18.2 Å². The zero-order chi connectivity index (χ0) is 11.1. The molecule has 1 heterocycles. The molecule has 0 aromatic heterocycles. The van der Waals surface area contributed by atoms with Crippen LogP contribution < -0.4 is 4.74 Å². The molecule has 0 bridgehead atoms. The van der Waals surface area contributed by atoms with Crippen LogP contribution in [0.3, 0.4) is 0 Å². The molecule has 0 atom stereocenters. The van der Waals surface area contributed by atoms with Gasteiger partial charge in [0.15, 0.2) is 0 Å². The second-order valence-electron chi connectivity index (χ2n) is 3.71. The van der Waals surface area contributed by atoms with Crippen LogP contribution in [0.1, 0.15) is 29.8 Å². The van der Waals surface area contributed by atoms with E-state index in [9.17, 15) is 4.79 Å². The van der Waals surface area contributed by atoms with E-state index in [1.54, 1.807) is 32.0 Å². The van der Waals surface area contributed by atoms with Crippen LogP contribution in [0.5, 0.6) is 5.75 Å². The van der Waals surface area contributed by atoms with E-state index in [0.29, 0.717) is 16.9 Å². The zero-order valence-electron chi connectivity index (χ0n) is 8.53. The van der Waals surface area contributed by atoms with Crippen LogP contribution in [0.2, 0.25) is 0 Å². The van der Waals surface area contributed by atoms with E-state index < -0.39 is 11.8 Å². The van der Waals surface area contributed by atoms with E-state index in [0.717, 1.165) is 0 Å². The Morgan fingerprint density at radius 2 is 2.07 bits per heavy atom. The molecule has 0 radical (unpaired) electrons. The fourth-order valence-electron chi connectivity index (χ4n) is 1.51. The Morgan fingerprint density at radius 1 is 1.33 bits per heavy atom. The minimum Gasteiger partial charge on any atom is -0.452 e. The number of carbonyl (C=O) groups excluding carboxylic acids is 1. The number of ether oxygens (including phenoxy) is 2. The van der Waals surface area contributed by atoms with Crippen molar-refractivity contribution in [2.24, 2.45) is 0 Å². The Hall–Kier alpha value is -1.95. The number of hydrogen-bond acceptors (Lipinski definition) is 3. The number of carbonyl (C=O) groups is 1. The first-order valence-electron chi connectivity index (χ1n) is 4.55. The molecule has 0 fully saturated rings. The molecule has 1 aliphatic rings. The molecule has 3 nitrogen and oxygen atoms in total. The Balaban J connectivity index is 2.60. The molecule has 1 aliphatic heterocycles. The molecule has 76 valence electrons. The summed E-state index contributed by atoms with van der Waals surface area (Å²) in [5.41, 5.74) is 0.826. The summed E-state index contributed by atoms with van der Waals surface area (Å²) in [7, 11) is 0. The molecule has 0 unspecified atom stereocenters. The van der Waals surface area contributed by atoms with Crippen molar-refractivity contribution in [3.63, 3.8) is 0 Å². The van der Waals surface area contributed by atoms with Gasteiger partial charge in [-0.3, -0.25) is 0 Å². The van der Waals surface area contributed by atoms with Gasteiger partial charge in [0.1, 0.15) is 11.3 Å². The smallest absolute Gasteiger partial charge is 0.346 e. The number of rotatable bonds is 0. The Labute approximate surface area is 88.0 Å². The monoisotopic (exact) mass is 202 g/mol. The standard InChI is InChI=1S/C12H10O3/c1-4-8-6-5-7-9-10(8)11(13)15-12(2,3)14-9/h1,5-7H,2-3H3. The highest BCUT2D eigenvalue weighted by atomic mass is 16.7. The van der Waals surface area contributed by atoms with Crippen LogP contribution in [0, 0.1) is 12.3 Å². The van der Waals surface area contributed by atoms with E-state index in [1.807, 2.05) is 0 Å². The first-order valence-corrected chi connectivity index (χ1v) is 4.55. The van der Waals surface area contributed by atoms with Crippen molar-refractivity contribution >= 4 is 5.97 Å². The van der Waals surface area contributed by atoms with Crippen molar-refractivity contribution < 1.29 is 14.3 Å². The van der Waals surface area contributed by atoms with Gasteiger partial charge in [0, 0.05) is 19.4 Å².